The van der Waals surface area contributed by atoms with Crippen LogP contribution in [0.15, 0.2) is 30.3 Å². The SMILES string of the molecule is C[C@H](OCc1ccccc1)[C@H](O)C(F)(Br)Br. The van der Waals surface area contributed by atoms with Gasteiger partial charge in [-0.1, -0.05) is 30.3 Å². The van der Waals surface area contributed by atoms with Gasteiger partial charge in [-0.15, -0.1) is 0 Å². The van der Waals surface area contributed by atoms with Gasteiger partial charge in [0.2, 0.25) is 3.49 Å². The van der Waals surface area contributed by atoms with Crippen LogP contribution in [0.4, 0.5) is 4.39 Å². The molecule has 0 aliphatic heterocycles. The Kier molecular flexibility index (Phi) is 5.37. The molecule has 0 unspecified atom stereocenters. The summed E-state index contributed by atoms with van der Waals surface area (Å²) >= 11 is 5.38. The van der Waals surface area contributed by atoms with E-state index in [0.29, 0.717) is 6.61 Å². The van der Waals surface area contributed by atoms with Crippen molar-refractivity contribution in [2.45, 2.75) is 29.2 Å². The second kappa shape index (κ2) is 6.10. The zero-order chi connectivity index (χ0) is 12.2. The molecule has 0 aromatic heterocycles. The zero-order valence-electron chi connectivity index (χ0n) is 8.74. The first-order valence-electron chi connectivity index (χ1n) is 4.81. The first kappa shape index (κ1) is 14.1. The quantitative estimate of drug-likeness (QED) is 0.820. The lowest BCUT2D eigenvalue weighted by molar-refractivity contribution is -0.0535. The van der Waals surface area contributed by atoms with Gasteiger partial charge in [0, 0.05) is 0 Å². The Morgan fingerprint density at radius 3 is 2.44 bits per heavy atom. The number of hydrogen-bond acceptors (Lipinski definition) is 2. The number of ether oxygens (including phenoxy) is 1. The fraction of sp³-hybridized carbons (Fsp3) is 0.455. The Hall–Kier alpha value is 0.0300. The molecule has 16 heavy (non-hydrogen) atoms. The van der Waals surface area contributed by atoms with E-state index >= 15 is 0 Å². The Labute approximate surface area is 111 Å². The number of hydrogen-bond donors (Lipinski definition) is 1. The normalized spacial score (nSPS) is 15.8. The Morgan fingerprint density at radius 1 is 1.38 bits per heavy atom. The molecule has 1 rings (SSSR count). The van der Waals surface area contributed by atoms with Crippen molar-refractivity contribution in [1.82, 2.24) is 0 Å². The monoisotopic (exact) mass is 354 g/mol. The number of aliphatic hydroxyl groups is 1. The molecule has 0 saturated heterocycles. The average molecular weight is 356 g/mol. The molecule has 1 aromatic carbocycles. The van der Waals surface area contributed by atoms with Gasteiger partial charge < -0.3 is 9.84 Å². The molecule has 0 aliphatic carbocycles. The van der Waals surface area contributed by atoms with E-state index in [4.69, 9.17) is 4.74 Å². The maximum Gasteiger partial charge on any atom is 0.246 e. The highest BCUT2D eigenvalue weighted by atomic mass is 79.9. The van der Waals surface area contributed by atoms with Gasteiger partial charge in [0.1, 0.15) is 6.10 Å². The van der Waals surface area contributed by atoms with Crippen LogP contribution in [0, 0.1) is 0 Å². The van der Waals surface area contributed by atoms with E-state index in [-0.39, 0.29) is 0 Å². The fourth-order valence-corrected chi connectivity index (χ4v) is 1.90. The minimum atomic E-state index is -2.02. The lowest BCUT2D eigenvalue weighted by Gasteiger charge is -2.24. The molecule has 0 aliphatic rings. The molecule has 2 nitrogen and oxygen atoms in total. The summed E-state index contributed by atoms with van der Waals surface area (Å²) in [5.41, 5.74) is 0.982. The lowest BCUT2D eigenvalue weighted by Crippen LogP contribution is -2.37. The number of alkyl halides is 3. The van der Waals surface area contributed by atoms with Crippen molar-refractivity contribution >= 4 is 31.9 Å². The van der Waals surface area contributed by atoms with Crippen molar-refractivity contribution in [3.05, 3.63) is 35.9 Å². The highest BCUT2D eigenvalue weighted by molar-refractivity contribution is 9.25. The van der Waals surface area contributed by atoms with Crippen LogP contribution in [0.1, 0.15) is 12.5 Å². The van der Waals surface area contributed by atoms with E-state index in [9.17, 15) is 9.50 Å². The summed E-state index contributed by atoms with van der Waals surface area (Å²) in [6.45, 7) is 1.96. The third kappa shape index (κ3) is 4.49. The number of halogens is 3. The van der Waals surface area contributed by atoms with Gasteiger partial charge in [0.05, 0.1) is 12.7 Å². The van der Waals surface area contributed by atoms with Crippen LogP contribution in [0.25, 0.3) is 0 Å². The largest absolute Gasteiger partial charge is 0.385 e. The van der Waals surface area contributed by atoms with Crippen molar-refractivity contribution in [2.75, 3.05) is 0 Å². The first-order valence-corrected chi connectivity index (χ1v) is 6.40. The topological polar surface area (TPSA) is 29.5 Å². The van der Waals surface area contributed by atoms with Crippen molar-refractivity contribution in [2.24, 2.45) is 0 Å². The molecule has 0 spiro atoms. The molecule has 90 valence electrons. The standard InChI is InChI=1S/C11H13Br2FO2/c1-8(10(15)11(12,13)14)16-7-9-5-3-2-4-6-9/h2-6,8,10,15H,7H2,1H3/t8-,10-/m0/s1. The number of benzene rings is 1. The van der Waals surface area contributed by atoms with E-state index in [0.717, 1.165) is 5.56 Å². The van der Waals surface area contributed by atoms with Crippen LogP contribution < -0.4 is 0 Å². The maximum atomic E-state index is 13.3. The molecule has 0 bridgehead atoms. The van der Waals surface area contributed by atoms with Gasteiger partial charge in [-0.05, 0) is 44.3 Å². The summed E-state index contributed by atoms with van der Waals surface area (Å²) in [6, 6.07) is 9.52. The van der Waals surface area contributed by atoms with Crippen LogP contribution in [0.2, 0.25) is 0 Å². The second-order valence-corrected chi connectivity index (χ2v) is 6.86. The summed E-state index contributed by atoms with van der Waals surface area (Å²) in [6.07, 6.45) is -1.90. The maximum absolute atomic E-state index is 13.3. The Bertz CT molecular complexity index is 314. The average Bonchev–Trinajstić information content (AvgIpc) is 2.25. The van der Waals surface area contributed by atoms with E-state index in [1.807, 2.05) is 30.3 Å². The van der Waals surface area contributed by atoms with Gasteiger partial charge in [-0.2, -0.15) is 0 Å². The smallest absolute Gasteiger partial charge is 0.246 e. The zero-order valence-corrected chi connectivity index (χ0v) is 11.9. The van der Waals surface area contributed by atoms with E-state index < -0.39 is 15.7 Å². The molecule has 5 heteroatoms. The molecule has 0 heterocycles. The van der Waals surface area contributed by atoms with Gasteiger partial charge in [-0.3, -0.25) is 0 Å². The molecule has 0 fully saturated rings. The van der Waals surface area contributed by atoms with E-state index in [2.05, 4.69) is 31.9 Å². The number of rotatable bonds is 5. The van der Waals surface area contributed by atoms with Crippen LogP contribution in [0.3, 0.4) is 0 Å². The van der Waals surface area contributed by atoms with E-state index in [1.54, 1.807) is 6.92 Å². The highest BCUT2D eigenvalue weighted by Gasteiger charge is 2.36. The molecular weight excluding hydrogens is 343 g/mol. The van der Waals surface area contributed by atoms with E-state index in [1.165, 1.54) is 0 Å². The molecular formula is C11H13Br2FO2. The number of aliphatic hydroxyl groups excluding tert-OH is 1. The second-order valence-electron chi connectivity index (χ2n) is 3.49. The summed E-state index contributed by atoms with van der Waals surface area (Å²) in [5.74, 6) is 0. The van der Waals surface area contributed by atoms with Crippen molar-refractivity contribution < 1.29 is 14.2 Å². The van der Waals surface area contributed by atoms with Crippen molar-refractivity contribution in [3.8, 4) is 0 Å². The fourth-order valence-electron chi connectivity index (χ4n) is 1.16. The summed E-state index contributed by atoms with van der Waals surface area (Å²) in [5, 5.41) is 9.54. The molecule has 0 radical (unpaired) electrons. The van der Waals surface area contributed by atoms with Crippen molar-refractivity contribution in [1.29, 1.82) is 0 Å². The molecule has 2 atom stereocenters. The summed E-state index contributed by atoms with van der Waals surface area (Å²) < 4.78 is 16.6. The molecule has 1 aromatic rings. The minimum Gasteiger partial charge on any atom is -0.385 e. The predicted octanol–water partition coefficient (Wildman–Crippen LogP) is 3.37. The van der Waals surface area contributed by atoms with Crippen LogP contribution >= 0.6 is 31.9 Å². The third-order valence-corrected chi connectivity index (χ3v) is 3.07. The minimum absolute atomic E-state index is 0.342. The molecule has 0 saturated carbocycles. The highest BCUT2D eigenvalue weighted by Crippen LogP contribution is 2.34. The summed E-state index contributed by atoms with van der Waals surface area (Å²) in [4.78, 5) is 0. The molecule has 1 N–H and O–H groups in total. The Morgan fingerprint density at radius 2 is 1.94 bits per heavy atom. The lowest BCUT2D eigenvalue weighted by atomic mass is 10.2. The van der Waals surface area contributed by atoms with Gasteiger partial charge in [-0.25, -0.2) is 4.39 Å². The van der Waals surface area contributed by atoms with Crippen LogP contribution in [0.5, 0.6) is 0 Å². The van der Waals surface area contributed by atoms with Gasteiger partial charge in [0.25, 0.3) is 0 Å². The van der Waals surface area contributed by atoms with Gasteiger partial charge in [0.15, 0.2) is 0 Å². The van der Waals surface area contributed by atoms with Gasteiger partial charge >= 0.3 is 0 Å². The predicted molar refractivity (Wildman–Crippen MR) is 68.4 cm³/mol. The van der Waals surface area contributed by atoms with Crippen molar-refractivity contribution in [3.63, 3.8) is 0 Å². The first-order chi connectivity index (χ1) is 7.41. The summed E-state index contributed by atoms with van der Waals surface area (Å²) in [7, 11) is 0. The Balaban J connectivity index is 2.44. The van der Waals surface area contributed by atoms with Crippen LogP contribution in [-0.4, -0.2) is 20.8 Å². The molecule has 0 amide bonds. The van der Waals surface area contributed by atoms with Crippen LogP contribution in [-0.2, 0) is 11.3 Å². The third-order valence-electron chi connectivity index (χ3n) is 2.14.